The molecule has 1 aromatic rings. The first-order valence-electron chi connectivity index (χ1n) is 2.12. The molecule has 1 aromatic heterocycles. The van der Waals surface area contributed by atoms with Crippen LogP contribution in [0.25, 0.3) is 0 Å². The summed E-state index contributed by atoms with van der Waals surface area (Å²) in [6.07, 6.45) is 0. The van der Waals surface area contributed by atoms with Gasteiger partial charge in [-0.25, -0.2) is 0 Å². The molecule has 0 saturated carbocycles. The van der Waals surface area contributed by atoms with E-state index in [4.69, 9.17) is 16.0 Å². The maximum atomic E-state index is 5.39. The van der Waals surface area contributed by atoms with Crippen molar-refractivity contribution >= 4 is 11.6 Å². The van der Waals surface area contributed by atoms with Gasteiger partial charge < -0.3 is 9.15 Å². The first-order valence-corrected chi connectivity index (χ1v) is 2.50. The zero-order valence-electron chi connectivity index (χ0n) is 4.35. The topological polar surface area (TPSA) is 22.4 Å². The third-order valence-electron chi connectivity index (χ3n) is 0.750. The lowest BCUT2D eigenvalue weighted by Crippen LogP contribution is -1.75. The molecular weight excluding hydrogens is 128 g/mol. The first kappa shape index (κ1) is 5.51. The molecule has 0 atom stereocenters. The highest BCUT2D eigenvalue weighted by molar-refractivity contribution is 6.28. The average molecular weight is 133 g/mol. The summed E-state index contributed by atoms with van der Waals surface area (Å²) in [5.41, 5.74) is 0. The molecule has 8 heavy (non-hydrogen) atoms. The van der Waals surface area contributed by atoms with Gasteiger partial charge in [-0.15, -0.1) is 0 Å². The van der Waals surface area contributed by atoms with Crippen LogP contribution in [0.15, 0.2) is 16.5 Å². The van der Waals surface area contributed by atoms with Crippen molar-refractivity contribution in [3.05, 3.63) is 17.4 Å². The number of rotatable bonds is 1. The van der Waals surface area contributed by atoms with E-state index in [1.807, 2.05) is 0 Å². The maximum Gasteiger partial charge on any atom is 0.285 e. The number of halogens is 1. The normalized spacial score (nSPS) is 9.25. The van der Waals surface area contributed by atoms with Gasteiger partial charge in [-0.3, -0.25) is 0 Å². The Morgan fingerprint density at radius 3 is 2.62 bits per heavy atom. The minimum Gasteiger partial charge on any atom is -0.468 e. The highest BCUT2D eigenvalue weighted by atomic mass is 35.5. The highest BCUT2D eigenvalue weighted by Crippen LogP contribution is 2.18. The van der Waals surface area contributed by atoms with Crippen LogP contribution < -0.4 is 4.74 Å². The Balaban J connectivity index is 2.84. The van der Waals surface area contributed by atoms with Crippen molar-refractivity contribution in [2.24, 2.45) is 0 Å². The van der Waals surface area contributed by atoms with Crippen LogP contribution in [0.5, 0.6) is 5.95 Å². The summed E-state index contributed by atoms with van der Waals surface area (Å²) in [4.78, 5) is 0. The molecule has 0 spiro atoms. The molecule has 0 amide bonds. The lowest BCUT2D eigenvalue weighted by molar-refractivity contribution is 0.305. The fraction of sp³-hybridized carbons (Fsp3) is 0.200. The largest absolute Gasteiger partial charge is 0.468 e. The Morgan fingerprint density at radius 2 is 2.38 bits per heavy atom. The number of methoxy groups -OCH3 is 1. The van der Waals surface area contributed by atoms with Crippen molar-refractivity contribution in [2.45, 2.75) is 0 Å². The zero-order chi connectivity index (χ0) is 5.98. The number of furan rings is 1. The van der Waals surface area contributed by atoms with Gasteiger partial charge in [0.1, 0.15) is 0 Å². The fourth-order valence-electron chi connectivity index (χ4n) is 0.407. The van der Waals surface area contributed by atoms with E-state index in [0.29, 0.717) is 11.2 Å². The van der Waals surface area contributed by atoms with Crippen molar-refractivity contribution in [3.63, 3.8) is 0 Å². The fourth-order valence-corrected chi connectivity index (χ4v) is 0.546. The van der Waals surface area contributed by atoms with Crippen molar-refractivity contribution in [2.75, 3.05) is 7.11 Å². The Labute approximate surface area is 52.0 Å². The molecule has 2 nitrogen and oxygen atoms in total. The number of hydrogen-bond donors (Lipinski definition) is 0. The molecule has 0 aliphatic heterocycles. The first-order chi connectivity index (χ1) is 3.83. The maximum absolute atomic E-state index is 5.39. The molecule has 0 aliphatic rings. The third kappa shape index (κ3) is 0.954. The highest BCUT2D eigenvalue weighted by Gasteiger charge is 1.94. The van der Waals surface area contributed by atoms with E-state index in [2.05, 4.69) is 4.74 Å². The predicted octanol–water partition coefficient (Wildman–Crippen LogP) is 1.94. The van der Waals surface area contributed by atoms with Crippen molar-refractivity contribution in [3.8, 4) is 5.95 Å². The van der Waals surface area contributed by atoms with E-state index in [-0.39, 0.29) is 0 Å². The van der Waals surface area contributed by atoms with Crippen LogP contribution in [0.4, 0.5) is 0 Å². The molecule has 1 rings (SSSR count). The van der Waals surface area contributed by atoms with Crippen LogP contribution in [0, 0.1) is 0 Å². The van der Waals surface area contributed by atoms with Gasteiger partial charge in [0.15, 0.2) is 5.22 Å². The molecule has 0 unspecified atom stereocenters. The Bertz CT molecular complexity index is 171. The molecule has 44 valence electrons. The second kappa shape index (κ2) is 2.09. The second-order valence-electron chi connectivity index (χ2n) is 1.26. The molecule has 3 heteroatoms. The van der Waals surface area contributed by atoms with Crippen molar-refractivity contribution in [1.29, 1.82) is 0 Å². The van der Waals surface area contributed by atoms with Gasteiger partial charge in [0.2, 0.25) is 0 Å². The van der Waals surface area contributed by atoms with E-state index in [1.165, 1.54) is 7.11 Å². The van der Waals surface area contributed by atoms with Crippen LogP contribution in [-0.2, 0) is 0 Å². The third-order valence-corrected chi connectivity index (χ3v) is 0.953. The monoisotopic (exact) mass is 132 g/mol. The minimum atomic E-state index is 0.349. The van der Waals surface area contributed by atoms with Crippen LogP contribution in [0.2, 0.25) is 5.22 Å². The van der Waals surface area contributed by atoms with E-state index in [1.54, 1.807) is 12.1 Å². The lowest BCUT2D eigenvalue weighted by Gasteiger charge is -1.86. The van der Waals surface area contributed by atoms with E-state index in [0.717, 1.165) is 0 Å². The Morgan fingerprint density at radius 1 is 1.62 bits per heavy atom. The van der Waals surface area contributed by atoms with Gasteiger partial charge in [-0.05, 0) is 11.6 Å². The van der Waals surface area contributed by atoms with Crippen LogP contribution in [0.3, 0.4) is 0 Å². The lowest BCUT2D eigenvalue weighted by atomic mass is 10.6. The molecule has 0 aliphatic carbocycles. The number of ether oxygens (including phenoxy) is 1. The van der Waals surface area contributed by atoms with Gasteiger partial charge in [-0.1, -0.05) is 0 Å². The van der Waals surface area contributed by atoms with Crippen molar-refractivity contribution in [1.82, 2.24) is 0 Å². The van der Waals surface area contributed by atoms with Gasteiger partial charge in [0, 0.05) is 12.1 Å². The molecular formula is C5H5ClO2. The SMILES string of the molecule is COc1ccc(Cl)o1. The summed E-state index contributed by atoms with van der Waals surface area (Å²) in [5, 5.41) is 0.349. The summed E-state index contributed by atoms with van der Waals surface area (Å²) < 4.78 is 9.46. The molecule has 0 N–H and O–H groups in total. The van der Waals surface area contributed by atoms with Gasteiger partial charge in [-0.2, -0.15) is 0 Å². The van der Waals surface area contributed by atoms with E-state index >= 15 is 0 Å². The second-order valence-corrected chi connectivity index (χ2v) is 1.64. The standard InChI is InChI=1S/C5H5ClO2/c1-7-5-3-2-4(6)8-5/h2-3H,1H3. The van der Waals surface area contributed by atoms with Gasteiger partial charge in [0.25, 0.3) is 5.95 Å². The van der Waals surface area contributed by atoms with Crippen molar-refractivity contribution < 1.29 is 9.15 Å². The smallest absolute Gasteiger partial charge is 0.285 e. The molecule has 0 aromatic carbocycles. The molecule has 0 fully saturated rings. The Hall–Kier alpha value is -0.630. The van der Waals surface area contributed by atoms with Crippen LogP contribution in [0.1, 0.15) is 0 Å². The molecule has 0 saturated heterocycles. The van der Waals surface area contributed by atoms with E-state index in [9.17, 15) is 0 Å². The number of hydrogen-bond acceptors (Lipinski definition) is 2. The average Bonchev–Trinajstić information content (AvgIpc) is 2.14. The Kier molecular flexibility index (Phi) is 1.44. The van der Waals surface area contributed by atoms with Gasteiger partial charge in [0.05, 0.1) is 7.11 Å². The molecule has 0 bridgehead atoms. The van der Waals surface area contributed by atoms with Crippen LogP contribution in [-0.4, -0.2) is 7.11 Å². The van der Waals surface area contributed by atoms with Crippen LogP contribution >= 0.6 is 11.6 Å². The molecule has 0 radical (unpaired) electrons. The van der Waals surface area contributed by atoms with Gasteiger partial charge >= 0.3 is 0 Å². The predicted molar refractivity (Wildman–Crippen MR) is 30.3 cm³/mol. The summed E-state index contributed by atoms with van der Waals surface area (Å²) in [7, 11) is 1.52. The van der Waals surface area contributed by atoms with E-state index < -0.39 is 0 Å². The summed E-state index contributed by atoms with van der Waals surface area (Å²) >= 11 is 5.39. The quantitative estimate of drug-likeness (QED) is 0.583. The zero-order valence-corrected chi connectivity index (χ0v) is 5.11. The molecule has 1 heterocycles. The summed E-state index contributed by atoms with van der Waals surface area (Å²) in [5.74, 6) is 0.440. The summed E-state index contributed by atoms with van der Waals surface area (Å²) in [6, 6.07) is 3.28. The summed E-state index contributed by atoms with van der Waals surface area (Å²) in [6.45, 7) is 0. The minimum absolute atomic E-state index is 0.349.